The van der Waals surface area contributed by atoms with Gasteiger partial charge in [0, 0.05) is 15.4 Å². The summed E-state index contributed by atoms with van der Waals surface area (Å²) in [7, 11) is 0. The molecule has 2 aromatic carbocycles. The molecule has 0 fully saturated rings. The molecule has 0 aliphatic heterocycles. The highest BCUT2D eigenvalue weighted by atomic mass is 79.9. The van der Waals surface area contributed by atoms with Crippen molar-refractivity contribution < 1.29 is 4.39 Å². The molecule has 2 N–H and O–H groups in total. The van der Waals surface area contributed by atoms with Gasteiger partial charge in [-0.1, -0.05) is 45.7 Å². The van der Waals surface area contributed by atoms with Crippen LogP contribution in [0.25, 0.3) is 0 Å². The molecule has 1 nitrogen and oxygen atoms in total. The zero-order chi connectivity index (χ0) is 13.8. The third-order valence-electron chi connectivity index (χ3n) is 3.10. The van der Waals surface area contributed by atoms with E-state index in [0.29, 0.717) is 18.0 Å². The maximum atomic E-state index is 13.3. The Kier molecular flexibility index (Phi) is 4.97. The van der Waals surface area contributed by atoms with E-state index in [1.54, 1.807) is 6.07 Å². The van der Waals surface area contributed by atoms with Crippen LogP contribution < -0.4 is 5.73 Å². The first-order chi connectivity index (χ1) is 9.11. The summed E-state index contributed by atoms with van der Waals surface area (Å²) in [6.07, 6.45) is 0.621. The van der Waals surface area contributed by atoms with Crippen LogP contribution in [-0.2, 0) is 6.42 Å². The van der Waals surface area contributed by atoms with Crippen molar-refractivity contribution in [1.82, 2.24) is 0 Å². The molecule has 2 rings (SSSR count). The molecule has 0 spiro atoms. The molecular weight excluding hydrogens is 329 g/mol. The molecule has 0 saturated carbocycles. The maximum absolute atomic E-state index is 13.3. The third-order valence-corrected chi connectivity index (χ3v) is 4.19. The van der Waals surface area contributed by atoms with Gasteiger partial charge in [-0.25, -0.2) is 4.39 Å². The highest BCUT2D eigenvalue weighted by molar-refractivity contribution is 9.10. The van der Waals surface area contributed by atoms with Crippen LogP contribution in [0.1, 0.15) is 17.0 Å². The lowest BCUT2D eigenvalue weighted by Gasteiger charge is -2.17. The van der Waals surface area contributed by atoms with Gasteiger partial charge in [0.25, 0.3) is 0 Å². The average molecular weight is 343 g/mol. The minimum atomic E-state index is -0.276. The Labute approximate surface area is 125 Å². The Morgan fingerprint density at radius 3 is 2.63 bits per heavy atom. The molecule has 0 radical (unpaired) electrons. The number of halogens is 3. The Hall–Kier alpha value is -0.900. The van der Waals surface area contributed by atoms with Gasteiger partial charge in [-0.2, -0.15) is 0 Å². The topological polar surface area (TPSA) is 26.0 Å². The summed E-state index contributed by atoms with van der Waals surface area (Å²) < 4.78 is 14.3. The second-order valence-corrected chi connectivity index (χ2v) is 5.66. The molecule has 0 heterocycles. The molecule has 1 unspecified atom stereocenters. The van der Waals surface area contributed by atoms with Crippen molar-refractivity contribution in [3.8, 4) is 0 Å². The van der Waals surface area contributed by atoms with Crippen LogP contribution in [0.3, 0.4) is 0 Å². The Morgan fingerprint density at radius 1 is 1.21 bits per heavy atom. The van der Waals surface area contributed by atoms with Gasteiger partial charge in [-0.05, 0) is 48.4 Å². The number of rotatable bonds is 4. The van der Waals surface area contributed by atoms with Gasteiger partial charge in [0.05, 0.1) is 0 Å². The summed E-state index contributed by atoms with van der Waals surface area (Å²) in [5.74, 6) is -0.169. The van der Waals surface area contributed by atoms with Crippen molar-refractivity contribution in [3.63, 3.8) is 0 Å². The van der Waals surface area contributed by atoms with E-state index in [1.807, 2.05) is 24.3 Å². The number of hydrogen-bond acceptors (Lipinski definition) is 1. The van der Waals surface area contributed by atoms with Crippen LogP contribution in [0.15, 0.2) is 46.9 Å². The average Bonchev–Trinajstić information content (AvgIpc) is 2.41. The predicted octanol–water partition coefficient (Wildman–Crippen LogP) is 4.53. The third kappa shape index (κ3) is 3.56. The molecule has 0 amide bonds. The minimum Gasteiger partial charge on any atom is -0.330 e. The van der Waals surface area contributed by atoms with E-state index in [-0.39, 0.29) is 11.7 Å². The smallest absolute Gasteiger partial charge is 0.123 e. The van der Waals surface area contributed by atoms with Crippen LogP contribution in [0, 0.1) is 5.82 Å². The van der Waals surface area contributed by atoms with Gasteiger partial charge in [0.2, 0.25) is 0 Å². The Morgan fingerprint density at radius 2 is 1.95 bits per heavy atom. The fourth-order valence-electron chi connectivity index (χ4n) is 2.09. The summed E-state index contributed by atoms with van der Waals surface area (Å²) in [5, 5.41) is 0.576. The number of nitrogens with two attached hydrogens (primary N) is 1. The Balaban J connectivity index is 2.29. The SMILES string of the molecule is NCC(Cc1cc(F)ccc1Cl)c1ccccc1Br. The molecular formula is C15H14BrClFN. The van der Waals surface area contributed by atoms with Gasteiger partial charge in [0.1, 0.15) is 5.82 Å². The first kappa shape index (κ1) is 14.5. The van der Waals surface area contributed by atoms with Crippen LogP contribution in [0.5, 0.6) is 0 Å². The van der Waals surface area contributed by atoms with E-state index in [9.17, 15) is 4.39 Å². The molecule has 1 atom stereocenters. The normalized spacial score (nSPS) is 12.4. The summed E-state index contributed by atoms with van der Waals surface area (Å²) in [6.45, 7) is 0.482. The molecule has 100 valence electrons. The quantitative estimate of drug-likeness (QED) is 0.868. The molecule has 0 bridgehead atoms. The van der Waals surface area contributed by atoms with E-state index in [4.69, 9.17) is 17.3 Å². The lowest BCUT2D eigenvalue weighted by atomic mass is 9.92. The molecule has 0 saturated heterocycles. The second kappa shape index (κ2) is 6.51. The van der Waals surface area contributed by atoms with Gasteiger partial charge < -0.3 is 5.73 Å². The van der Waals surface area contributed by atoms with Crippen LogP contribution in [0.4, 0.5) is 4.39 Å². The molecule has 0 aliphatic rings. The molecule has 2 aromatic rings. The van der Waals surface area contributed by atoms with E-state index >= 15 is 0 Å². The lowest BCUT2D eigenvalue weighted by Crippen LogP contribution is -2.15. The highest BCUT2D eigenvalue weighted by Gasteiger charge is 2.15. The summed E-state index contributed by atoms with van der Waals surface area (Å²) in [5.41, 5.74) is 7.75. The van der Waals surface area contributed by atoms with Gasteiger partial charge in [-0.15, -0.1) is 0 Å². The largest absolute Gasteiger partial charge is 0.330 e. The summed E-state index contributed by atoms with van der Waals surface area (Å²) in [6, 6.07) is 12.3. The minimum absolute atomic E-state index is 0.106. The van der Waals surface area contributed by atoms with Crippen molar-refractivity contribution in [2.45, 2.75) is 12.3 Å². The number of benzene rings is 2. The van der Waals surface area contributed by atoms with Crippen molar-refractivity contribution in [2.75, 3.05) is 6.54 Å². The first-order valence-corrected chi connectivity index (χ1v) is 7.17. The monoisotopic (exact) mass is 341 g/mol. The van der Waals surface area contributed by atoms with E-state index < -0.39 is 0 Å². The van der Waals surface area contributed by atoms with Crippen LogP contribution in [0.2, 0.25) is 5.02 Å². The van der Waals surface area contributed by atoms with Crippen molar-refractivity contribution in [2.24, 2.45) is 5.73 Å². The van der Waals surface area contributed by atoms with Gasteiger partial charge in [-0.3, -0.25) is 0 Å². The fourth-order valence-corrected chi connectivity index (χ4v) is 2.89. The van der Waals surface area contributed by atoms with Crippen LogP contribution in [-0.4, -0.2) is 6.54 Å². The van der Waals surface area contributed by atoms with E-state index in [0.717, 1.165) is 15.6 Å². The van der Waals surface area contributed by atoms with Gasteiger partial charge >= 0.3 is 0 Å². The second-order valence-electron chi connectivity index (χ2n) is 4.39. The summed E-state index contributed by atoms with van der Waals surface area (Å²) in [4.78, 5) is 0. The van der Waals surface area contributed by atoms with E-state index in [1.165, 1.54) is 12.1 Å². The fraction of sp³-hybridized carbons (Fsp3) is 0.200. The molecule has 0 aromatic heterocycles. The maximum Gasteiger partial charge on any atom is 0.123 e. The Bertz CT molecular complexity index is 574. The molecule has 4 heteroatoms. The van der Waals surface area contributed by atoms with E-state index in [2.05, 4.69) is 15.9 Å². The molecule has 0 aliphatic carbocycles. The molecule has 19 heavy (non-hydrogen) atoms. The summed E-state index contributed by atoms with van der Waals surface area (Å²) >= 11 is 9.63. The standard InChI is InChI=1S/C15H14BrClFN/c16-14-4-2-1-3-13(14)11(9-19)7-10-8-12(18)5-6-15(10)17/h1-6,8,11H,7,9,19H2. The lowest BCUT2D eigenvalue weighted by molar-refractivity contribution is 0.620. The number of hydrogen-bond donors (Lipinski definition) is 1. The zero-order valence-corrected chi connectivity index (χ0v) is 12.6. The zero-order valence-electron chi connectivity index (χ0n) is 10.2. The highest BCUT2D eigenvalue weighted by Crippen LogP contribution is 2.29. The van der Waals surface area contributed by atoms with Crippen LogP contribution >= 0.6 is 27.5 Å². The van der Waals surface area contributed by atoms with Crippen molar-refractivity contribution in [1.29, 1.82) is 0 Å². The first-order valence-electron chi connectivity index (χ1n) is 6.00. The van der Waals surface area contributed by atoms with Crippen molar-refractivity contribution in [3.05, 3.63) is 68.9 Å². The van der Waals surface area contributed by atoms with Gasteiger partial charge in [0.15, 0.2) is 0 Å². The predicted molar refractivity (Wildman–Crippen MR) is 81.1 cm³/mol. The van der Waals surface area contributed by atoms with Crippen molar-refractivity contribution >= 4 is 27.5 Å².